The molecule has 0 bridgehead atoms. The summed E-state index contributed by atoms with van der Waals surface area (Å²) in [6, 6.07) is 25.6. The summed E-state index contributed by atoms with van der Waals surface area (Å²) in [6.45, 7) is 4.88. The van der Waals surface area contributed by atoms with Gasteiger partial charge in [0, 0.05) is 20.9 Å². The van der Waals surface area contributed by atoms with E-state index in [9.17, 15) is 28.6 Å². The van der Waals surface area contributed by atoms with E-state index in [0.29, 0.717) is 56.3 Å². The summed E-state index contributed by atoms with van der Waals surface area (Å²) >= 11 is 2.71. The largest absolute Gasteiger partial charge is 0.494 e. The maximum atomic E-state index is 13.5. The molecule has 0 aromatic heterocycles. The van der Waals surface area contributed by atoms with Crippen molar-refractivity contribution >= 4 is 67.0 Å². The van der Waals surface area contributed by atoms with Gasteiger partial charge in [-0.15, -0.1) is 0 Å². The Labute approximate surface area is 420 Å². The highest BCUT2D eigenvalue weighted by Gasteiger charge is 2.30. The minimum atomic E-state index is -4.59. The average molecular weight is 1020 g/mol. The number of hydrogen-bond acceptors (Lipinski definition) is 13. The van der Waals surface area contributed by atoms with E-state index < -0.39 is 39.1 Å². The number of phosphoric ester groups is 1. The van der Waals surface area contributed by atoms with Gasteiger partial charge >= 0.3 is 19.8 Å². The molecule has 0 fully saturated rings. The molecule has 0 spiro atoms. The lowest BCUT2D eigenvalue weighted by Crippen LogP contribution is -2.37. The molecule has 2 heterocycles. The van der Waals surface area contributed by atoms with E-state index in [1.54, 1.807) is 36.4 Å². The standard InChI is InChI=1S/C54H64NO12PS2/c1-6-8-10-12-27-62-42-20-14-38(15-21-42)32-49-53(58)45-30-40(18-24-47(45)69-49)34-51(56)64-36-44(37-66-68(60,61)65-29-26-55(3,4)5)67-52(57)35-41-19-25-48-46(31-41)54(59)50(70-48)33-39-16-22-43(23-17-39)63-28-13-11-9-7-2/h14-25,30-33,44H,6-13,26-29,34-37H2,1-5H3/p+1/b49-32-,50-33-/t44-/m1/s1. The molecule has 0 radical (unpaired) electrons. The fraction of sp³-hybridized carbons (Fsp3) is 0.407. The molecule has 2 atom stereocenters. The van der Waals surface area contributed by atoms with Crippen LogP contribution in [0.1, 0.15) is 108 Å². The maximum Gasteiger partial charge on any atom is 0.472 e. The number of phosphoric acid groups is 1. The van der Waals surface area contributed by atoms with Crippen molar-refractivity contribution < 1.29 is 61.1 Å². The molecule has 0 amide bonds. The number of quaternary nitrogens is 1. The van der Waals surface area contributed by atoms with Crippen LogP contribution in [0.2, 0.25) is 0 Å². The van der Waals surface area contributed by atoms with Gasteiger partial charge in [0.1, 0.15) is 31.3 Å². The normalized spacial score (nSPS) is 15.7. The molecule has 16 heteroatoms. The van der Waals surface area contributed by atoms with Crippen LogP contribution in [0.25, 0.3) is 12.2 Å². The third kappa shape index (κ3) is 17.4. The van der Waals surface area contributed by atoms with E-state index in [4.69, 9.17) is 28.0 Å². The topological polar surface area (TPSA) is 161 Å². The van der Waals surface area contributed by atoms with Crippen molar-refractivity contribution in [3.05, 3.63) is 128 Å². The summed E-state index contributed by atoms with van der Waals surface area (Å²) < 4.78 is 46.6. The van der Waals surface area contributed by atoms with E-state index >= 15 is 0 Å². The highest BCUT2D eigenvalue weighted by molar-refractivity contribution is 8.05. The van der Waals surface area contributed by atoms with Gasteiger partial charge in [-0.3, -0.25) is 28.2 Å². The molecule has 4 aromatic rings. The van der Waals surface area contributed by atoms with Crippen molar-refractivity contribution in [3.63, 3.8) is 0 Å². The zero-order valence-electron chi connectivity index (χ0n) is 40.8. The maximum absolute atomic E-state index is 13.5. The Bertz CT molecular complexity index is 2550. The van der Waals surface area contributed by atoms with Crippen LogP contribution in [-0.4, -0.2) is 99.7 Å². The Balaban J connectivity index is 1.04. The molecule has 2 aliphatic rings. The summed E-state index contributed by atoms with van der Waals surface area (Å²) in [6.07, 6.45) is 10.9. The summed E-state index contributed by atoms with van der Waals surface area (Å²) in [5, 5.41) is 0. The number of rotatable bonds is 28. The second kappa shape index (κ2) is 26.5. The number of hydrogen-bond donors (Lipinski definition) is 1. The molecule has 13 nitrogen and oxygen atoms in total. The Kier molecular flexibility index (Phi) is 20.5. The molecule has 374 valence electrons. The van der Waals surface area contributed by atoms with E-state index in [1.165, 1.54) is 49.2 Å². The number of esters is 2. The Hall–Kier alpha value is -4.99. The average Bonchev–Trinajstić information content (AvgIpc) is 3.80. The summed E-state index contributed by atoms with van der Waals surface area (Å²) in [4.78, 5) is 66.7. The van der Waals surface area contributed by atoms with Crippen LogP contribution in [0, 0.1) is 0 Å². The van der Waals surface area contributed by atoms with Gasteiger partial charge in [0.2, 0.25) is 11.6 Å². The van der Waals surface area contributed by atoms with Gasteiger partial charge < -0.3 is 28.3 Å². The minimum absolute atomic E-state index is 0.0790. The van der Waals surface area contributed by atoms with Gasteiger partial charge in [0.15, 0.2) is 6.10 Å². The first-order valence-corrected chi connectivity index (χ1v) is 27.1. The Morgan fingerprint density at radius 2 is 1.11 bits per heavy atom. The predicted molar refractivity (Wildman–Crippen MR) is 274 cm³/mol. The SMILES string of the molecule is CCCCCCOc1ccc(/C=C2\Sc3ccc(CC(=O)OC[C@H](COP(=O)(O)OCC[N+](C)(C)C)OC(=O)Cc4ccc5c(c4)C(=O)/C(=C/c4ccc(OCCCCCC)cc4)S5)cc3C2=O)cc1. The smallest absolute Gasteiger partial charge is 0.472 e. The van der Waals surface area contributed by atoms with E-state index in [1.807, 2.05) is 81.8 Å². The lowest BCUT2D eigenvalue weighted by Gasteiger charge is -2.24. The van der Waals surface area contributed by atoms with Gasteiger partial charge in [-0.2, -0.15) is 0 Å². The number of carbonyl (C=O) groups is 4. The van der Waals surface area contributed by atoms with E-state index in [0.717, 1.165) is 58.1 Å². The number of allylic oxidation sites excluding steroid dienone is 2. The molecule has 70 heavy (non-hydrogen) atoms. The van der Waals surface area contributed by atoms with Crippen LogP contribution < -0.4 is 9.47 Å². The zero-order valence-corrected chi connectivity index (χ0v) is 43.3. The van der Waals surface area contributed by atoms with Gasteiger partial charge in [0.05, 0.1) is 63.6 Å². The summed E-state index contributed by atoms with van der Waals surface area (Å²) in [5.74, 6) is -0.200. The van der Waals surface area contributed by atoms with E-state index in [2.05, 4.69) is 13.8 Å². The fourth-order valence-electron chi connectivity index (χ4n) is 7.31. The van der Waals surface area contributed by atoms with Crippen LogP contribution in [-0.2, 0) is 45.5 Å². The zero-order chi connectivity index (χ0) is 50.1. The second-order valence-electron chi connectivity index (χ2n) is 18.3. The summed E-state index contributed by atoms with van der Waals surface area (Å²) in [7, 11) is 1.10. The van der Waals surface area contributed by atoms with Gasteiger partial charge in [-0.1, -0.05) is 112 Å². The monoisotopic (exact) mass is 1010 g/mol. The van der Waals surface area contributed by atoms with Gasteiger partial charge in [0.25, 0.3) is 0 Å². The van der Waals surface area contributed by atoms with Crippen molar-refractivity contribution in [1.29, 1.82) is 0 Å². The first-order valence-electron chi connectivity index (χ1n) is 24.0. The molecule has 0 aliphatic carbocycles. The lowest BCUT2D eigenvalue weighted by molar-refractivity contribution is -0.870. The van der Waals surface area contributed by atoms with Crippen molar-refractivity contribution in [2.45, 2.75) is 94.0 Å². The minimum Gasteiger partial charge on any atom is -0.494 e. The lowest BCUT2D eigenvalue weighted by atomic mass is 10.0. The van der Waals surface area contributed by atoms with Crippen LogP contribution in [0.3, 0.4) is 0 Å². The number of likely N-dealkylation sites (N-methyl/N-ethyl adjacent to an activating group) is 1. The van der Waals surface area contributed by atoms with Crippen LogP contribution in [0.15, 0.2) is 105 Å². The number of benzene rings is 4. The van der Waals surface area contributed by atoms with Crippen LogP contribution in [0.5, 0.6) is 11.5 Å². The van der Waals surface area contributed by atoms with Crippen LogP contribution in [0.4, 0.5) is 0 Å². The van der Waals surface area contributed by atoms with Crippen LogP contribution >= 0.6 is 31.3 Å². The molecule has 4 aromatic carbocycles. The fourth-order valence-corrected chi connectivity index (χ4v) is 10.1. The number of thioether (sulfide) groups is 2. The number of nitrogens with zero attached hydrogens (tertiary/aromatic N) is 1. The number of carbonyl (C=O) groups excluding carboxylic acids is 4. The first-order chi connectivity index (χ1) is 33.6. The third-order valence-corrected chi connectivity index (χ3v) is 14.4. The number of ether oxygens (including phenoxy) is 4. The molecular formula is C54H65NO12PS2+. The highest BCUT2D eigenvalue weighted by Crippen LogP contribution is 2.44. The van der Waals surface area contributed by atoms with Crippen molar-refractivity contribution in [2.24, 2.45) is 0 Å². The van der Waals surface area contributed by atoms with Gasteiger partial charge in [-0.25, -0.2) is 4.57 Å². The Morgan fingerprint density at radius 1 is 0.629 bits per heavy atom. The molecular weight excluding hydrogens is 950 g/mol. The highest BCUT2D eigenvalue weighted by atomic mass is 32.2. The molecule has 6 rings (SSSR count). The predicted octanol–water partition coefficient (Wildman–Crippen LogP) is 11.3. The van der Waals surface area contributed by atoms with Crippen molar-refractivity contribution in [1.82, 2.24) is 0 Å². The third-order valence-electron chi connectivity index (χ3n) is 11.2. The Morgan fingerprint density at radius 3 is 1.59 bits per heavy atom. The molecule has 1 N–H and O–H groups in total. The number of fused-ring (bicyclic) bond motifs is 2. The molecule has 1 unspecified atom stereocenters. The number of unbranched alkanes of at least 4 members (excludes halogenated alkanes) is 6. The molecule has 0 saturated carbocycles. The van der Waals surface area contributed by atoms with Crippen molar-refractivity contribution in [2.75, 3.05) is 60.7 Å². The van der Waals surface area contributed by atoms with Crippen molar-refractivity contribution in [3.8, 4) is 11.5 Å². The second-order valence-corrected chi connectivity index (χ2v) is 21.9. The molecule has 2 aliphatic heterocycles. The number of ketones is 2. The number of Topliss-reactive ketones (excluding diaryl/α,β-unsaturated/α-hetero) is 2. The quantitative estimate of drug-likeness (QED) is 0.0188. The summed E-state index contributed by atoms with van der Waals surface area (Å²) in [5.41, 5.74) is 3.68. The first kappa shape index (κ1) is 54.3. The van der Waals surface area contributed by atoms with E-state index in [-0.39, 0.29) is 31.0 Å². The van der Waals surface area contributed by atoms with Gasteiger partial charge in [-0.05, 0) is 95.8 Å². The molecule has 0 saturated heterocycles.